The smallest absolute Gasteiger partial charge is 0.194 e. The Morgan fingerprint density at radius 1 is 1.48 bits per heavy atom. The van der Waals surface area contributed by atoms with Crippen molar-refractivity contribution in [3.63, 3.8) is 0 Å². The van der Waals surface area contributed by atoms with Gasteiger partial charge in [0.1, 0.15) is 0 Å². The maximum absolute atomic E-state index is 4.55. The predicted molar refractivity (Wildman–Crippen MR) is 103 cm³/mol. The topological polar surface area (TPSA) is 74.1 Å². The third-order valence-corrected chi connectivity index (χ3v) is 3.46. The first-order valence-electron chi connectivity index (χ1n) is 7.43. The molecule has 0 aliphatic rings. The molecule has 0 aliphatic carbocycles. The highest BCUT2D eigenvalue weighted by Crippen LogP contribution is 2.18. The molecule has 2 aromatic rings. The first-order valence-corrected chi connectivity index (χ1v) is 7.43. The number of rotatable bonds is 5. The lowest BCUT2D eigenvalue weighted by atomic mass is 10.1. The van der Waals surface area contributed by atoms with Crippen molar-refractivity contribution in [3.8, 4) is 0 Å². The van der Waals surface area contributed by atoms with Gasteiger partial charge in [-0.2, -0.15) is 10.2 Å². The van der Waals surface area contributed by atoms with Crippen LogP contribution in [0.4, 0.5) is 0 Å². The molecule has 128 valence electrons. The van der Waals surface area contributed by atoms with E-state index in [1.807, 2.05) is 24.8 Å². The third-order valence-electron chi connectivity index (χ3n) is 3.46. The van der Waals surface area contributed by atoms with Crippen LogP contribution in [-0.4, -0.2) is 44.9 Å². The minimum Gasteiger partial charge on any atom is -0.351 e. The molecule has 23 heavy (non-hydrogen) atoms. The molecule has 0 fully saturated rings. The molecule has 0 aliphatic heterocycles. The molecule has 8 heteroatoms. The number of nitrogens with one attached hydrogen (secondary N) is 2. The fraction of sp³-hybridized carbons (Fsp3) is 0.533. The molecule has 0 unspecified atom stereocenters. The van der Waals surface area contributed by atoms with E-state index in [4.69, 9.17) is 0 Å². The van der Waals surface area contributed by atoms with Crippen LogP contribution in [0.5, 0.6) is 0 Å². The van der Waals surface area contributed by atoms with Gasteiger partial charge in [-0.3, -0.25) is 14.8 Å². The summed E-state index contributed by atoms with van der Waals surface area (Å²) in [5.41, 5.74) is 3.39. The zero-order valence-electron chi connectivity index (χ0n) is 14.4. The zero-order valence-corrected chi connectivity index (χ0v) is 16.7. The Kier molecular flexibility index (Phi) is 7.53. The molecular weight excluding hydrogens is 405 g/mol. The number of aliphatic imine (C=N–C) groups is 1. The van der Waals surface area contributed by atoms with Crippen LogP contribution in [0.3, 0.4) is 0 Å². The average molecular weight is 431 g/mol. The van der Waals surface area contributed by atoms with Crippen molar-refractivity contribution in [1.82, 2.24) is 30.2 Å². The third kappa shape index (κ3) is 5.22. The van der Waals surface area contributed by atoms with Crippen molar-refractivity contribution >= 4 is 29.9 Å². The van der Waals surface area contributed by atoms with Crippen LogP contribution in [0.2, 0.25) is 0 Å². The van der Waals surface area contributed by atoms with Gasteiger partial charge in [0.05, 0.1) is 17.9 Å². The number of nitrogens with zero attached hydrogens (tertiary/aromatic N) is 5. The summed E-state index contributed by atoms with van der Waals surface area (Å²) in [7, 11) is 5.78. The van der Waals surface area contributed by atoms with E-state index < -0.39 is 0 Å². The molecule has 2 heterocycles. The fourth-order valence-corrected chi connectivity index (χ4v) is 2.44. The van der Waals surface area contributed by atoms with E-state index in [0.29, 0.717) is 12.5 Å². The van der Waals surface area contributed by atoms with Crippen molar-refractivity contribution in [2.75, 3.05) is 14.1 Å². The van der Waals surface area contributed by atoms with Gasteiger partial charge >= 0.3 is 0 Å². The van der Waals surface area contributed by atoms with Crippen LogP contribution in [0.25, 0.3) is 0 Å². The molecular formula is C15H26IN7. The molecule has 0 atom stereocenters. The lowest BCUT2D eigenvalue weighted by molar-refractivity contribution is 0.472. The Bertz CT molecular complexity index is 616. The van der Waals surface area contributed by atoms with Crippen molar-refractivity contribution in [2.45, 2.75) is 32.9 Å². The maximum Gasteiger partial charge on any atom is 0.194 e. The number of aromatic nitrogens is 4. The quantitative estimate of drug-likeness (QED) is 0.432. The van der Waals surface area contributed by atoms with Gasteiger partial charge in [0.2, 0.25) is 0 Å². The van der Waals surface area contributed by atoms with Gasteiger partial charge in [-0.1, -0.05) is 13.8 Å². The first kappa shape index (κ1) is 19.5. The molecule has 0 spiro atoms. The van der Waals surface area contributed by atoms with Crippen molar-refractivity contribution in [2.24, 2.45) is 12.0 Å². The summed E-state index contributed by atoms with van der Waals surface area (Å²) in [5, 5.41) is 14.8. The number of aromatic amines is 1. The summed E-state index contributed by atoms with van der Waals surface area (Å²) in [6.07, 6.45) is 3.82. The Labute approximate surface area is 154 Å². The van der Waals surface area contributed by atoms with Crippen LogP contribution in [0.15, 0.2) is 23.5 Å². The van der Waals surface area contributed by atoms with Crippen molar-refractivity contribution < 1.29 is 0 Å². The molecule has 2 rings (SSSR count). The molecule has 2 aromatic heterocycles. The van der Waals surface area contributed by atoms with Crippen LogP contribution < -0.4 is 5.32 Å². The molecule has 2 N–H and O–H groups in total. The first-order chi connectivity index (χ1) is 10.5. The highest BCUT2D eigenvalue weighted by Gasteiger charge is 2.15. The Morgan fingerprint density at radius 2 is 2.22 bits per heavy atom. The highest BCUT2D eigenvalue weighted by atomic mass is 127. The van der Waals surface area contributed by atoms with Gasteiger partial charge in [0, 0.05) is 45.6 Å². The minimum atomic E-state index is 0. The number of guanidine groups is 1. The molecule has 0 saturated heterocycles. The number of halogens is 1. The maximum atomic E-state index is 4.55. The Hall–Kier alpha value is -1.58. The second kappa shape index (κ2) is 8.90. The normalized spacial score (nSPS) is 11.5. The van der Waals surface area contributed by atoms with E-state index in [1.54, 1.807) is 13.2 Å². The van der Waals surface area contributed by atoms with Crippen LogP contribution in [-0.2, 0) is 20.1 Å². The monoisotopic (exact) mass is 431 g/mol. The Balaban J connectivity index is 0.00000264. The summed E-state index contributed by atoms with van der Waals surface area (Å²) in [4.78, 5) is 6.43. The summed E-state index contributed by atoms with van der Waals surface area (Å²) in [6.45, 7) is 5.76. The van der Waals surface area contributed by atoms with E-state index in [-0.39, 0.29) is 24.0 Å². The number of aryl methyl sites for hydroxylation is 1. The van der Waals surface area contributed by atoms with Gasteiger partial charge in [-0.05, 0) is 12.0 Å². The van der Waals surface area contributed by atoms with Crippen LogP contribution in [0.1, 0.15) is 36.7 Å². The largest absolute Gasteiger partial charge is 0.351 e. The van der Waals surface area contributed by atoms with E-state index in [9.17, 15) is 0 Å². The highest BCUT2D eigenvalue weighted by molar-refractivity contribution is 14.0. The van der Waals surface area contributed by atoms with Gasteiger partial charge in [0.25, 0.3) is 0 Å². The summed E-state index contributed by atoms with van der Waals surface area (Å²) < 4.78 is 1.87. The summed E-state index contributed by atoms with van der Waals surface area (Å²) in [5.74, 6) is 1.25. The molecule has 0 saturated carbocycles. The zero-order chi connectivity index (χ0) is 16.1. The summed E-state index contributed by atoms with van der Waals surface area (Å²) in [6, 6.07) is 1.94. The molecule has 0 amide bonds. The van der Waals surface area contributed by atoms with Gasteiger partial charge in [-0.25, -0.2) is 0 Å². The SMILES string of the molecule is CN=C(NCc1ccn[nH]1)N(C)Cc1cn(C)nc1C(C)C.I. The fourth-order valence-electron chi connectivity index (χ4n) is 2.44. The van der Waals surface area contributed by atoms with Crippen LogP contribution >= 0.6 is 24.0 Å². The standard InChI is InChI=1S/C15H25N7.HI/c1-11(2)14-12(10-22(5)20-14)9-21(4)15(16-3)17-8-13-6-7-18-19-13;/h6-7,10-11H,8-9H2,1-5H3,(H,16,17)(H,18,19);1H. The molecule has 0 bridgehead atoms. The molecule has 0 radical (unpaired) electrons. The van der Waals surface area contributed by atoms with E-state index in [2.05, 4.69) is 50.5 Å². The average Bonchev–Trinajstić information content (AvgIpc) is 3.09. The second-order valence-electron chi connectivity index (χ2n) is 5.71. The second-order valence-corrected chi connectivity index (χ2v) is 5.71. The van der Waals surface area contributed by atoms with E-state index in [1.165, 1.54) is 5.56 Å². The number of hydrogen-bond acceptors (Lipinski definition) is 3. The lowest BCUT2D eigenvalue weighted by Gasteiger charge is -2.22. The van der Waals surface area contributed by atoms with E-state index in [0.717, 1.165) is 23.9 Å². The van der Waals surface area contributed by atoms with Gasteiger partial charge in [0.15, 0.2) is 5.96 Å². The van der Waals surface area contributed by atoms with Gasteiger partial charge in [-0.15, -0.1) is 24.0 Å². The van der Waals surface area contributed by atoms with Crippen LogP contribution in [0, 0.1) is 0 Å². The van der Waals surface area contributed by atoms with Crippen molar-refractivity contribution in [1.29, 1.82) is 0 Å². The molecule has 7 nitrogen and oxygen atoms in total. The van der Waals surface area contributed by atoms with Crippen molar-refractivity contribution in [3.05, 3.63) is 35.4 Å². The lowest BCUT2D eigenvalue weighted by Crippen LogP contribution is -2.38. The minimum absolute atomic E-state index is 0. The number of hydrogen-bond donors (Lipinski definition) is 2. The predicted octanol–water partition coefficient (Wildman–Crippen LogP) is 2.09. The summed E-state index contributed by atoms with van der Waals surface area (Å²) >= 11 is 0. The number of H-pyrrole nitrogens is 1. The van der Waals surface area contributed by atoms with E-state index >= 15 is 0 Å². The molecule has 0 aromatic carbocycles. The van der Waals surface area contributed by atoms with Gasteiger partial charge < -0.3 is 10.2 Å². The Morgan fingerprint density at radius 3 is 2.78 bits per heavy atom.